The van der Waals surface area contributed by atoms with Gasteiger partial charge in [-0.25, -0.2) is 0 Å². The van der Waals surface area contributed by atoms with Crippen molar-refractivity contribution in [1.82, 2.24) is 4.90 Å². The van der Waals surface area contributed by atoms with E-state index in [1.807, 2.05) is 20.8 Å². The molecule has 0 saturated carbocycles. The first-order chi connectivity index (χ1) is 8.35. The highest BCUT2D eigenvalue weighted by Gasteiger charge is 2.39. The topological polar surface area (TPSA) is 64.3 Å². The van der Waals surface area contributed by atoms with Gasteiger partial charge in [-0.15, -0.1) is 0 Å². The Morgan fingerprint density at radius 1 is 1.44 bits per heavy atom. The number of rotatable bonds is 5. The molecular formula is C14H24N2O2. The Morgan fingerprint density at radius 3 is 2.39 bits per heavy atom. The molecule has 0 atom stereocenters. The van der Waals surface area contributed by atoms with Crippen molar-refractivity contribution in [3.8, 4) is 6.07 Å². The third-order valence-corrected chi connectivity index (χ3v) is 4.30. The summed E-state index contributed by atoms with van der Waals surface area (Å²) in [5.41, 5.74) is -0.798. The van der Waals surface area contributed by atoms with Gasteiger partial charge in [0.15, 0.2) is 0 Å². The highest BCUT2D eigenvalue weighted by Crippen LogP contribution is 2.35. The second kappa shape index (κ2) is 5.71. The first-order valence-electron chi connectivity index (χ1n) is 6.72. The molecule has 102 valence electrons. The van der Waals surface area contributed by atoms with Gasteiger partial charge in [0.05, 0.1) is 16.9 Å². The molecule has 1 rings (SSSR count). The fraction of sp³-hybridized carbons (Fsp3) is 0.857. The molecule has 4 heteroatoms. The van der Waals surface area contributed by atoms with Crippen molar-refractivity contribution in [1.29, 1.82) is 5.26 Å². The predicted octanol–water partition coefficient (Wildman–Crippen LogP) is 2.50. The van der Waals surface area contributed by atoms with Gasteiger partial charge in [-0.3, -0.25) is 4.79 Å². The normalized spacial score (nSPS) is 20.3. The summed E-state index contributed by atoms with van der Waals surface area (Å²) in [6, 6.07) is 2.31. The second-order valence-corrected chi connectivity index (χ2v) is 6.03. The van der Waals surface area contributed by atoms with Gasteiger partial charge in [-0.1, -0.05) is 6.92 Å². The van der Waals surface area contributed by atoms with Crippen LogP contribution in [0, 0.1) is 22.2 Å². The fourth-order valence-corrected chi connectivity index (χ4v) is 2.42. The van der Waals surface area contributed by atoms with Crippen LogP contribution in [0.4, 0.5) is 0 Å². The maximum absolute atomic E-state index is 11.3. The summed E-state index contributed by atoms with van der Waals surface area (Å²) in [6.45, 7) is 8.42. The number of piperidine rings is 1. The van der Waals surface area contributed by atoms with Crippen molar-refractivity contribution in [2.24, 2.45) is 10.8 Å². The number of aliphatic carboxylic acids is 1. The molecule has 0 spiro atoms. The lowest BCUT2D eigenvalue weighted by molar-refractivity contribution is -0.152. The molecule has 18 heavy (non-hydrogen) atoms. The SMILES string of the molecule is CCC1(C(=O)O)CCN(CCC(C)(C)C#N)CC1. The van der Waals surface area contributed by atoms with E-state index >= 15 is 0 Å². The molecule has 0 aromatic rings. The van der Waals surface area contributed by atoms with E-state index < -0.39 is 11.4 Å². The average Bonchev–Trinajstić information content (AvgIpc) is 2.37. The Bertz CT molecular complexity index is 336. The summed E-state index contributed by atoms with van der Waals surface area (Å²) < 4.78 is 0. The molecular weight excluding hydrogens is 228 g/mol. The Kier molecular flexibility index (Phi) is 4.75. The number of nitrogens with zero attached hydrogens (tertiary/aromatic N) is 2. The Morgan fingerprint density at radius 2 is 2.00 bits per heavy atom. The molecule has 0 aromatic heterocycles. The zero-order valence-electron chi connectivity index (χ0n) is 11.7. The van der Waals surface area contributed by atoms with Crippen LogP contribution in [0.25, 0.3) is 0 Å². The molecule has 0 radical (unpaired) electrons. The largest absolute Gasteiger partial charge is 0.481 e. The minimum absolute atomic E-state index is 0.286. The van der Waals surface area contributed by atoms with E-state index in [9.17, 15) is 9.90 Å². The monoisotopic (exact) mass is 252 g/mol. The van der Waals surface area contributed by atoms with E-state index in [0.29, 0.717) is 6.42 Å². The molecule has 1 aliphatic rings. The fourth-order valence-electron chi connectivity index (χ4n) is 2.42. The molecule has 0 unspecified atom stereocenters. The smallest absolute Gasteiger partial charge is 0.309 e. The number of carboxylic acids is 1. The number of carboxylic acid groups (broad SMARTS) is 1. The Hall–Kier alpha value is -1.08. The quantitative estimate of drug-likeness (QED) is 0.816. The number of hydrogen-bond acceptors (Lipinski definition) is 3. The first-order valence-corrected chi connectivity index (χ1v) is 6.72. The predicted molar refractivity (Wildman–Crippen MR) is 70.0 cm³/mol. The number of carbonyl (C=O) groups is 1. The van der Waals surface area contributed by atoms with E-state index in [4.69, 9.17) is 5.26 Å². The average molecular weight is 252 g/mol. The lowest BCUT2D eigenvalue weighted by Gasteiger charge is -2.38. The number of likely N-dealkylation sites (tertiary alicyclic amines) is 1. The third kappa shape index (κ3) is 3.46. The van der Waals surface area contributed by atoms with E-state index in [1.165, 1.54) is 0 Å². The van der Waals surface area contributed by atoms with Gasteiger partial charge < -0.3 is 10.0 Å². The minimum atomic E-state index is -0.651. The molecule has 0 amide bonds. The van der Waals surface area contributed by atoms with Crippen LogP contribution >= 0.6 is 0 Å². The standard InChI is InChI=1S/C14H24N2O2/c1-4-14(12(17)18)6-9-16(10-7-14)8-5-13(2,3)11-15/h4-10H2,1-3H3,(H,17,18). The van der Waals surface area contributed by atoms with Gasteiger partial charge in [0.25, 0.3) is 0 Å². The van der Waals surface area contributed by atoms with Crippen LogP contribution in [0.3, 0.4) is 0 Å². The van der Waals surface area contributed by atoms with Crippen molar-refractivity contribution < 1.29 is 9.90 Å². The van der Waals surface area contributed by atoms with Gasteiger partial charge in [-0.05, 0) is 59.2 Å². The minimum Gasteiger partial charge on any atom is -0.481 e. The summed E-state index contributed by atoms with van der Waals surface area (Å²) in [7, 11) is 0. The lowest BCUT2D eigenvalue weighted by atomic mass is 9.76. The first kappa shape index (κ1) is 15.0. The van der Waals surface area contributed by atoms with E-state index in [0.717, 1.165) is 38.9 Å². The summed E-state index contributed by atoms with van der Waals surface area (Å²) in [6.07, 6.45) is 3.01. The van der Waals surface area contributed by atoms with Crippen LogP contribution in [0.5, 0.6) is 0 Å². The van der Waals surface area contributed by atoms with Crippen LogP contribution in [0.1, 0.15) is 46.5 Å². The van der Waals surface area contributed by atoms with Crippen LogP contribution in [-0.4, -0.2) is 35.6 Å². The summed E-state index contributed by atoms with van der Waals surface area (Å²) >= 11 is 0. The highest BCUT2D eigenvalue weighted by atomic mass is 16.4. The maximum atomic E-state index is 11.3. The molecule has 1 heterocycles. The van der Waals surface area contributed by atoms with Crippen LogP contribution < -0.4 is 0 Å². The van der Waals surface area contributed by atoms with Crippen LogP contribution in [0.15, 0.2) is 0 Å². The van der Waals surface area contributed by atoms with Crippen LogP contribution in [-0.2, 0) is 4.79 Å². The lowest BCUT2D eigenvalue weighted by Crippen LogP contribution is -2.44. The van der Waals surface area contributed by atoms with Crippen molar-refractivity contribution >= 4 is 5.97 Å². The van der Waals surface area contributed by atoms with Crippen molar-refractivity contribution in [2.75, 3.05) is 19.6 Å². The van der Waals surface area contributed by atoms with Gasteiger partial charge in [-0.2, -0.15) is 5.26 Å². The number of hydrogen-bond donors (Lipinski definition) is 1. The molecule has 1 saturated heterocycles. The molecule has 0 aliphatic carbocycles. The van der Waals surface area contributed by atoms with Crippen molar-refractivity contribution in [3.05, 3.63) is 0 Å². The Labute approximate surface area is 110 Å². The van der Waals surface area contributed by atoms with E-state index in [2.05, 4.69) is 11.0 Å². The zero-order valence-corrected chi connectivity index (χ0v) is 11.7. The molecule has 1 aliphatic heterocycles. The second-order valence-electron chi connectivity index (χ2n) is 6.03. The van der Waals surface area contributed by atoms with E-state index in [1.54, 1.807) is 0 Å². The molecule has 4 nitrogen and oxygen atoms in total. The maximum Gasteiger partial charge on any atom is 0.309 e. The molecule has 1 fully saturated rings. The van der Waals surface area contributed by atoms with Crippen molar-refractivity contribution in [3.63, 3.8) is 0 Å². The summed E-state index contributed by atoms with van der Waals surface area (Å²) in [4.78, 5) is 13.6. The van der Waals surface area contributed by atoms with E-state index in [-0.39, 0.29) is 5.41 Å². The number of nitriles is 1. The van der Waals surface area contributed by atoms with Gasteiger partial charge in [0.2, 0.25) is 0 Å². The Balaban J connectivity index is 2.45. The van der Waals surface area contributed by atoms with Crippen LogP contribution in [0.2, 0.25) is 0 Å². The highest BCUT2D eigenvalue weighted by molar-refractivity contribution is 5.74. The molecule has 1 N–H and O–H groups in total. The molecule has 0 bridgehead atoms. The van der Waals surface area contributed by atoms with Gasteiger partial charge >= 0.3 is 5.97 Å². The van der Waals surface area contributed by atoms with Crippen molar-refractivity contribution in [2.45, 2.75) is 46.5 Å². The third-order valence-electron chi connectivity index (χ3n) is 4.30. The zero-order chi connectivity index (χ0) is 13.8. The molecule has 0 aromatic carbocycles. The summed E-state index contributed by atoms with van der Waals surface area (Å²) in [5.74, 6) is -0.651. The van der Waals surface area contributed by atoms with Gasteiger partial charge in [0.1, 0.15) is 0 Å². The van der Waals surface area contributed by atoms with Gasteiger partial charge in [0, 0.05) is 0 Å². The summed E-state index contributed by atoms with van der Waals surface area (Å²) in [5, 5.41) is 18.3.